The molecule has 4 N–H and O–H groups in total. The maximum atomic E-state index is 12.0. The van der Waals surface area contributed by atoms with Gasteiger partial charge in [0.1, 0.15) is 0 Å². The number of urea groups is 2. The van der Waals surface area contributed by atoms with Crippen molar-refractivity contribution in [1.82, 2.24) is 16.0 Å². The van der Waals surface area contributed by atoms with Gasteiger partial charge in [-0.25, -0.2) is 9.59 Å². The third-order valence-electron chi connectivity index (χ3n) is 4.49. The number of carbonyl (C=O) groups excluding carboxylic acids is 2. The molecular formula is C21H25ClN4O3. The number of rotatable bonds is 7. The van der Waals surface area contributed by atoms with Crippen molar-refractivity contribution < 1.29 is 14.3 Å². The fraction of sp³-hybridized carbons (Fsp3) is 0.333. The Morgan fingerprint density at radius 2 is 1.69 bits per heavy atom. The fourth-order valence-electron chi connectivity index (χ4n) is 3.03. The minimum Gasteiger partial charge on any atom is -0.376 e. The number of hydrogen-bond donors (Lipinski definition) is 4. The Morgan fingerprint density at radius 3 is 2.38 bits per heavy atom. The first-order valence-electron chi connectivity index (χ1n) is 9.60. The van der Waals surface area contributed by atoms with Gasteiger partial charge in [0.25, 0.3) is 0 Å². The summed E-state index contributed by atoms with van der Waals surface area (Å²) in [6.45, 7) is 2.06. The second-order valence-corrected chi connectivity index (χ2v) is 7.27. The van der Waals surface area contributed by atoms with Crippen LogP contribution in [0.25, 0.3) is 0 Å². The van der Waals surface area contributed by atoms with Crippen molar-refractivity contribution in [2.45, 2.75) is 32.0 Å². The molecule has 1 aliphatic rings. The SMILES string of the molecule is O=C(NCc1cccc(CNC(=O)Nc2cccc(Cl)c2)c1)NCC1CCCO1. The molecule has 3 rings (SSSR count). The average Bonchev–Trinajstić information content (AvgIpc) is 3.23. The van der Waals surface area contributed by atoms with E-state index in [1.165, 1.54) is 0 Å². The highest BCUT2D eigenvalue weighted by molar-refractivity contribution is 6.30. The summed E-state index contributed by atoms with van der Waals surface area (Å²) in [7, 11) is 0. The van der Waals surface area contributed by atoms with Crippen molar-refractivity contribution in [3.8, 4) is 0 Å². The lowest BCUT2D eigenvalue weighted by molar-refractivity contribution is 0.111. The molecule has 29 heavy (non-hydrogen) atoms. The highest BCUT2D eigenvalue weighted by atomic mass is 35.5. The normalized spacial score (nSPS) is 15.6. The van der Waals surface area contributed by atoms with Crippen LogP contribution in [0.4, 0.5) is 15.3 Å². The summed E-state index contributed by atoms with van der Waals surface area (Å²) in [5, 5.41) is 11.8. The lowest BCUT2D eigenvalue weighted by Crippen LogP contribution is -2.39. The van der Waals surface area contributed by atoms with Gasteiger partial charge in [0.15, 0.2) is 0 Å². The summed E-state index contributed by atoms with van der Waals surface area (Å²) in [4.78, 5) is 24.0. The van der Waals surface area contributed by atoms with Crippen molar-refractivity contribution in [2.75, 3.05) is 18.5 Å². The lowest BCUT2D eigenvalue weighted by Gasteiger charge is -2.12. The summed E-state index contributed by atoms with van der Waals surface area (Å²) < 4.78 is 5.48. The molecule has 8 heteroatoms. The largest absolute Gasteiger partial charge is 0.376 e. The summed E-state index contributed by atoms with van der Waals surface area (Å²) in [5.41, 5.74) is 2.51. The zero-order chi connectivity index (χ0) is 20.5. The van der Waals surface area contributed by atoms with E-state index in [2.05, 4.69) is 21.3 Å². The molecule has 1 saturated heterocycles. The number of amides is 4. The molecule has 0 saturated carbocycles. The molecule has 1 heterocycles. The van der Waals surface area contributed by atoms with Crippen LogP contribution in [-0.4, -0.2) is 31.3 Å². The molecule has 4 amide bonds. The van der Waals surface area contributed by atoms with E-state index < -0.39 is 0 Å². The maximum absolute atomic E-state index is 12.0. The summed E-state index contributed by atoms with van der Waals surface area (Å²) in [5.74, 6) is 0. The second kappa shape index (κ2) is 10.7. The summed E-state index contributed by atoms with van der Waals surface area (Å²) >= 11 is 5.91. The Labute approximate surface area is 175 Å². The third-order valence-corrected chi connectivity index (χ3v) is 4.73. The fourth-order valence-corrected chi connectivity index (χ4v) is 3.22. The average molecular weight is 417 g/mol. The number of anilines is 1. The Bertz CT molecular complexity index is 840. The Balaban J connectivity index is 1.40. The standard InChI is InChI=1S/C21H25ClN4O3/c22-17-6-2-7-18(11-17)26-21(28)24-13-16-5-1-4-15(10-16)12-23-20(27)25-14-19-8-3-9-29-19/h1-2,4-7,10-11,19H,3,8-9,12-14H2,(H2,23,25,27)(H2,24,26,28). The minimum absolute atomic E-state index is 0.119. The zero-order valence-corrected chi connectivity index (χ0v) is 16.8. The van der Waals surface area contributed by atoms with Gasteiger partial charge in [-0.1, -0.05) is 41.9 Å². The molecule has 1 atom stereocenters. The van der Waals surface area contributed by atoms with E-state index >= 15 is 0 Å². The topological polar surface area (TPSA) is 91.5 Å². The van der Waals surface area contributed by atoms with E-state index in [0.29, 0.717) is 30.3 Å². The molecule has 1 unspecified atom stereocenters. The molecule has 0 aliphatic carbocycles. The van der Waals surface area contributed by atoms with Crippen molar-refractivity contribution in [1.29, 1.82) is 0 Å². The van der Waals surface area contributed by atoms with Crippen molar-refractivity contribution in [3.63, 3.8) is 0 Å². The van der Waals surface area contributed by atoms with Crippen LogP contribution in [0, 0.1) is 0 Å². The van der Waals surface area contributed by atoms with Crippen LogP contribution in [0.1, 0.15) is 24.0 Å². The first-order valence-corrected chi connectivity index (χ1v) is 9.98. The monoisotopic (exact) mass is 416 g/mol. The van der Waals surface area contributed by atoms with Gasteiger partial charge in [0.2, 0.25) is 0 Å². The molecule has 0 aromatic heterocycles. The predicted octanol–water partition coefficient (Wildman–Crippen LogP) is 3.64. The maximum Gasteiger partial charge on any atom is 0.319 e. The van der Waals surface area contributed by atoms with Gasteiger partial charge in [-0.05, 0) is 42.2 Å². The van der Waals surface area contributed by atoms with Gasteiger partial charge in [-0.2, -0.15) is 0 Å². The molecule has 154 valence electrons. The van der Waals surface area contributed by atoms with Gasteiger partial charge in [0.05, 0.1) is 6.10 Å². The molecule has 0 bridgehead atoms. The molecule has 2 aromatic rings. The Hall–Kier alpha value is -2.77. The Morgan fingerprint density at radius 1 is 0.966 bits per heavy atom. The number of carbonyl (C=O) groups is 2. The van der Waals surface area contributed by atoms with Crippen molar-refractivity contribution >= 4 is 29.4 Å². The highest BCUT2D eigenvalue weighted by Crippen LogP contribution is 2.14. The third kappa shape index (κ3) is 7.29. The first kappa shape index (κ1) is 21.0. The molecular weight excluding hydrogens is 392 g/mol. The lowest BCUT2D eigenvalue weighted by atomic mass is 10.1. The summed E-state index contributed by atoms with van der Waals surface area (Å²) in [6.07, 6.45) is 2.15. The van der Waals surface area contributed by atoms with Crippen LogP contribution in [0.2, 0.25) is 5.02 Å². The number of halogens is 1. The number of ether oxygens (including phenoxy) is 1. The van der Waals surface area contributed by atoms with Gasteiger partial charge < -0.3 is 26.0 Å². The van der Waals surface area contributed by atoms with E-state index in [9.17, 15) is 9.59 Å². The quantitative estimate of drug-likeness (QED) is 0.555. The highest BCUT2D eigenvalue weighted by Gasteiger charge is 2.15. The van der Waals surface area contributed by atoms with Crippen LogP contribution in [0.15, 0.2) is 48.5 Å². The van der Waals surface area contributed by atoms with Crippen molar-refractivity contribution in [3.05, 3.63) is 64.7 Å². The molecule has 7 nitrogen and oxygen atoms in total. The number of hydrogen-bond acceptors (Lipinski definition) is 3. The van der Waals surface area contributed by atoms with Gasteiger partial charge in [-0.15, -0.1) is 0 Å². The molecule has 0 spiro atoms. The van der Waals surface area contributed by atoms with Crippen LogP contribution in [0.5, 0.6) is 0 Å². The second-order valence-electron chi connectivity index (χ2n) is 6.84. The van der Waals surface area contributed by atoms with E-state index in [4.69, 9.17) is 16.3 Å². The van der Waals surface area contributed by atoms with Crippen LogP contribution in [0.3, 0.4) is 0 Å². The minimum atomic E-state index is -0.315. The van der Waals surface area contributed by atoms with Gasteiger partial charge in [0, 0.05) is 37.0 Å². The molecule has 2 aromatic carbocycles. The Kier molecular flexibility index (Phi) is 7.72. The molecule has 1 aliphatic heterocycles. The van der Waals surface area contributed by atoms with E-state index in [1.807, 2.05) is 24.3 Å². The van der Waals surface area contributed by atoms with Gasteiger partial charge in [-0.3, -0.25) is 0 Å². The van der Waals surface area contributed by atoms with Gasteiger partial charge >= 0.3 is 12.1 Å². The van der Waals surface area contributed by atoms with Crippen LogP contribution < -0.4 is 21.3 Å². The van der Waals surface area contributed by atoms with E-state index in [1.54, 1.807) is 24.3 Å². The zero-order valence-electron chi connectivity index (χ0n) is 16.0. The number of benzene rings is 2. The first-order chi connectivity index (χ1) is 14.1. The van der Waals surface area contributed by atoms with Crippen LogP contribution >= 0.6 is 11.6 Å². The smallest absolute Gasteiger partial charge is 0.319 e. The van der Waals surface area contributed by atoms with Crippen LogP contribution in [-0.2, 0) is 17.8 Å². The molecule has 1 fully saturated rings. The predicted molar refractivity (Wildman–Crippen MR) is 113 cm³/mol. The van der Waals surface area contributed by atoms with Crippen molar-refractivity contribution in [2.24, 2.45) is 0 Å². The van der Waals surface area contributed by atoms with E-state index in [0.717, 1.165) is 30.6 Å². The number of nitrogens with one attached hydrogen (secondary N) is 4. The molecule has 0 radical (unpaired) electrons. The van der Waals surface area contributed by atoms with E-state index in [-0.39, 0.29) is 18.2 Å². The summed E-state index contributed by atoms with van der Waals surface area (Å²) in [6, 6.07) is 14.1.